The van der Waals surface area contributed by atoms with Crippen molar-refractivity contribution in [2.45, 2.75) is 36.6 Å². The van der Waals surface area contributed by atoms with E-state index in [-0.39, 0.29) is 0 Å². The van der Waals surface area contributed by atoms with Crippen LogP contribution in [0.4, 0.5) is 26.3 Å². The second-order valence-corrected chi connectivity index (χ2v) is 13.2. The summed E-state index contributed by atoms with van der Waals surface area (Å²) >= 11 is -2.86. The topological polar surface area (TPSA) is 0 Å². The number of halogens is 6. The van der Waals surface area contributed by atoms with Gasteiger partial charge >= 0.3 is 149 Å². The molecule has 0 bridgehead atoms. The van der Waals surface area contributed by atoms with Gasteiger partial charge in [0.1, 0.15) is 0 Å². The fourth-order valence-corrected chi connectivity index (χ4v) is 10.8. The van der Waals surface area contributed by atoms with Crippen LogP contribution in [0.2, 0.25) is 4.44 Å². The van der Waals surface area contributed by atoms with Crippen molar-refractivity contribution >= 4 is 26.9 Å². The molecular formula is C18H17F6Sn. The van der Waals surface area contributed by atoms with Crippen LogP contribution in [0.1, 0.15) is 30.9 Å². The van der Waals surface area contributed by atoms with Crippen molar-refractivity contribution in [3.8, 4) is 0 Å². The van der Waals surface area contributed by atoms with Crippen molar-refractivity contribution in [1.29, 1.82) is 0 Å². The van der Waals surface area contributed by atoms with Crippen molar-refractivity contribution < 1.29 is 26.3 Å². The van der Waals surface area contributed by atoms with Gasteiger partial charge in [0.2, 0.25) is 0 Å². The van der Waals surface area contributed by atoms with Gasteiger partial charge in [0.05, 0.1) is 0 Å². The van der Waals surface area contributed by atoms with Gasteiger partial charge in [-0.05, 0) is 0 Å². The molecule has 0 aromatic heterocycles. The first-order valence-electron chi connectivity index (χ1n) is 7.84. The third-order valence-electron chi connectivity index (χ3n) is 3.86. The Hall–Kier alpha value is -1.18. The molecule has 0 spiro atoms. The van der Waals surface area contributed by atoms with E-state index < -0.39 is 43.2 Å². The molecular weight excluding hydrogens is 449 g/mol. The van der Waals surface area contributed by atoms with E-state index >= 15 is 0 Å². The van der Waals surface area contributed by atoms with Crippen LogP contribution in [0.25, 0.3) is 0 Å². The third kappa shape index (κ3) is 5.39. The molecule has 0 saturated carbocycles. The Morgan fingerprint density at radius 1 is 0.760 bits per heavy atom. The van der Waals surface area contributed by atoms with Crippen LogP contribution in [0.15, 0.2) is 48.5 Å². The summed E-state index contributed by atoms with van der Waals surface area (Å²) < 4.78 is 79.7. The maximum atomic E-state index is 13.0. The van der Waals surface area contributed by atoms with Crippen molar-refractivity contribution in [3.63, 3.8) is 0 Å². The van der Waals surface area contributed by atoms with Crippen LogP contribution in [0.5, 0.6) is 0 Å². The minimum atomic E-state index is -4.46. The molecule has 0 heterocycles. The summed E-state index contributed by atoms with van der Waals surface area (Å²) in [6.07, 6.45) is -7.27. The van der Waals surface area contributed by atoms with E-state index in [2.05, 4.69) is 0 Å². The third-order valence-corrected chi connectivity index (χ3v) is 12.0. The van der Waals surface area contributed by atoms with E-state index in [1.165, 1.54) is 12.1 Å². The van der Waals surface area contributed by atoms with Gasteiger partial charge in [0, 0.05) is 0 Å². The summed E-state index contributed by atoms with van der Waals surface area (Å²) in [5, 5.41) is 0. The van der Waals surface area contributed by atoms with Crippen LogP contribution in [0.3, 0.4) is 0 Å². The Labute approximate surface area is 149 Å². The Morgan fingerprint density at radius 2 is 1.20 bits per heavy atom. The fourth-order valence-electron chi connectivity index (χ4n) is 2.58. The Balaban J connectivity index is 2.47. The summed E-state index contributed by atoms with van der Waals surface area (Å²) in [4.78, 5) is 0. The molecule has 1 radical (unpaired) electrons. The molecule has 0 fully saturated rings. The minimum absolute atomic E-state index is 0.574. The molecule has 2 aromatic carbocycles. The number of alkyl halides is 6. The first-order chi connectivity index (χ1) is 11.6. The fraction of sp³-hybridized carbons (Fsp3) is 0.333. The number of rotatable bonds is 5. The summed E-state index contributed by atoms with van der Waals surface area (Å²) in [5.41, 5.74) is -1.49. The van der Waals surface area contributed by atoms with E-state index in [4.69, 9.17) is 0 Å². The molecule has 0 unspecified atom stereocenters. The standard InChI is InChI=1S/2C7H4F3.C4H9.Sn/c2*8-7(9,10)6-4-2-1-3-5-6;1-3-4-2;/h2*1-2,4-5H;1,3-4H2,2H3;. The summed E-state index contributed by atoms with van der Waals surface area (Å²) in [7, 11) is 0. The number of hydrogen-bond acceptors (Lipinski definition) is 0. The van der Waals surface area contributed by atoms with Gasteiger partial charge in [0.25, 0.3) is 0 Å². The summed E-state index contributed by atoms with van der Waals surface area (Å²) in [6, 6.07) is 10.2. The Morgan fingerprint density at radius 3 is 1.56 bits per heavy atom. The van der Waals surface area contributed by atoms with Gasteiger partial charge in [-0.15, -0.1) is 0 Å². The number of hydrogen-bond donors (Lipinski definition) is 0. The average molecular weight is 466 g/mol. The van der Waals surface area contributed by atoms with E-state index in [1.54, 1.807) is 12.1 Å². The predicted octanol–water partition coefficient (Wildman–Crippen LogP) is 5.13. The predicted molar refractivity (Wildman–Crippen MR) is 87.6 cm³/mol. The molecule has 135 valence electrons. The molecule has 0 aliphatic carbocycles. The van der Waals surface area contributed by atoms with Gasteiger partial charge in [-0.1, -0.05) is 0 Å². The molecule has 2 rings (SSSR count). The van der Waals surface area contributed by atoms with Crippen LogP contribution in [-0.2, 0) is 12.4 Å². The summed E-state index contributed by atoms with van der Waals surface area (Å²) in [5.74, 6) is 0. The second-order valence-electron chi connectivity index (χ2n) is 5.74. The first-order valence-corrected chi connectivity index (χ1v) is 12.7. The zero-order chi connectivity index (χ0) is 18.7. The summed E-state index contributed by atoms with van der Waals surface area (Å²) in [6.45, 7) is 1.96. The van der Waals surface area contributed by atoms with Crippen molar-refractivity contribution in [1.82, 2.24) is 0 Å². The Bertz CT molecular complexity index is 648. The average Bonchev–Trinajstić information content (AvgIpc) is 2.54. The number of benzene rings is 2. The van der Waals surface area contributed by atoms with E-state index in [0.29, 0.717) is 11.6 Å². The number of unbranched alkanes of at least 4 members (excludes halogenated alkanes) is 1. The molecule has 0 atom stereocenters. The van der Waals surface area contributed by atoms with Crippen LogP contribution in [-0.4, -0.2) is 19.8 Å². The van der Waals surface area contributed by atoms with E-state index in [1.807, 2.05) is 6.92 Å². The van der Waals surface area contributed by atoms with Gasteiger partial charge in [-0.3, -0.25) is 0 Å². The first kappa shape index (κ1) is 20.1. The van der Waals surface area contributed by atoms with Crippen LogP contribution >= 0.6 is 0 Å². The molecule has 0 saturated heterocycles. The zero-order valence-electron chi connectivity index (χ0n) is 13.5. The van der Waals surface area contributed by atoms with E-state index in [9.17, 15) is 26.3 Å². The maximum absolute atomic E-state index is 13.0. The van der Waals surface area contributed by atoms with Crippen LogP contribution < -0.4 is 7.16 Å². The second kappa shape index (κ2) is 8.01. The monoisotopic (exact) mass is 467 g/mol. The SMILES string of the molecule is CCC[CH2][Sn]([c]1cccc(C(F)(F)F)c1)[c]1cccc(C(F)(F)F)c1. The van der Waals surface area contributed by atoms with Crippen molar-refractivity contribution in [3.05, 3.63) is 59.7 Å². The van der Waals surface area contributed by atoms with Gasteiger partial charge in [-0.2, -0.15) is 0 Å². The quantitative estimate of drug-likeness (QED) is 0.424. The molecule has 0 nitrogen and oxygen atoms in total. The molecule has 2 aromatic rings. The van der Waals surface area contributed by atoms with E-state index in [0.717, 1.165) is 37.1 Å². The zero-order valence-corrected chi connectivity index (χ0v) is 16.4. The normalized spacial score (nSPS) is 12.6. The Kier molecular flexibility index (Phi) is 6.45. The molecule has 7 heteroatoms. The molecule has 0 amide bonds. The molecule has 0 aliphatic rings. The molecule has 0 N–H and O–H groups in total. The molecule has 0 aliphatic heterocycles. The van der Waals surface area contributed by atoms with Crippen molar-refractivity contribution in [2.24, 2.45) is 0 Å². The van der Waals surface area contributed by atoms with Gasteiger partial charge in [-0.25, -0.2) is 0 Å². The van der Waals surface area contributed by atoms with Gasteiger partial charge in [0.15, 0.2) is 0 Å². The van der Waals surface area contributed by atoms with Crippen LogP contribution in [0, 0.1) is 0 Å². The van der Waals surface area contributed by atoms with Crippen molar-refractivity contribution in [2.75, 3.05) is 0 Å². The molecule has 25 heavy (non-hydrogen) atoms. The van der Waals surface area contributed by atoms with Gasteiger partial charge < -0.3 is 0 Å².